The molecule has 0 aliphatic heterocycles. The molecule has 5 rings (SSSR count). The van der Waals surface area contributed by atoms with Gasteiger partial charge in [0.25, 0.3) is 0 Å². The summed E-state index contributed by atoms with van der Waals surface area (Å²) in [6.07, 6.45) is 5.57. The Morgan fingerprint density at radius 2 is 1.63 bits per heavy atom. The van der Waals surface area contributed by atoms with Crippen LogP contribution in [0.15, 0.2) is 89.8 Å². The molecule has 0 aliphatic rings. The Hall–Kier alpha value is -3.66. The Morgan fingerprint density at radius 1 is 0.815 bits per heavy atom. The third kappa shape index (κ3) is 2.81. The predicted molar refractivity (Wildman–Crippen MR) is 107 cm³/mol. The van der Waals surface area contributed by atoms with Crippen LogP contribution in [0.2, 0.25) is 0 Å². The van der Waals surface area contributed by atoms with E-state index in [-0.39, 0.29) is 0 Å². The van der Waals surface area contributed by atoms with Crippen molar-refractivity contribution in [2.45, 2.75) is 0 Å². The van der Waals surface area contributed by atoms with Crippen molar-refractivity contribution in [1.82, 2.24) is 14.8 Å². The molecule has 5 aromatic rings. The molecular formula is C23H17N3O. The van der Waals surface area contributed by atoms with E-state index in [0.717, 1.165) is 33.5 Å². The van der Waals surface area contributed by atoms with Crippen LogP contribution in [-0.4, -0.2) is 14.8 Å². The van der Waals surface area contributed by atoms with Crippen LogP contribution < -0.4 is 0 Å². The Balaban J connectivity index is 1.63. The summed E-state index contributed by atoms with van der Waals surface area (Å²) < 4.78 is 7.54. The molecule has 0 radical (unpaired) electrons. The van der Waals surface area contributed by atoms with Gasteiger partial charge in [0.05, 0.1) is 11.9 Å². The van der Waals surface area contributed by atoms with Crippen molar-refractivity contribution in [3.8, 4) is 33.5 Å². The Labute approximate surface area is 156 Å². The maximum absolute atomic E-state index is 5.76. The average Bonchev–Trinajstić information content (AvgIpc) is 3.34. The van der Waals surface area contributed by atoms with Gasteiger partial charge in [-0.1, -0.05) is 48.5 Å². The molecule has 4 nitrogen and oxygen atoms in total. The summed E-state index contributed by atoms with van der Waals surface area (Å²) in [6, 6.07) is 22.8. The van der Waals surface area contributed by atoms with Crippen LogP contribution in [0.25, 0.3) is 44.6 Å². The first-order valence-corrected chi connectivity index (χ1v) is 8.81. The van der Waals surface area contributed by atoms with E-state index in [2.05, 4.69) is 53.6 Å². The van der Waals surface area contributed by atoms with Gasteiger partial charge in [-0.15, -0.1) is 0 Å². The SMILES string of the molecule is Cn1cc(-c2ccc3occ(-c4cccc(-c5ccccc5)c4)c3n2)cn1. The van der Waals surface area contributed by atoms with Gasteiger partial charge in [0, 0.05) is 24.4 Å². The van der Waals surface area contributed by atoms with Crippen molar-refractivity contribution in [3.05, 3.63) is 85.4 Å². The highest BCUT2D eigenvalue weighted by Gasteiger charge is 2.12. The van der Waals surface area contributed by atoms with E-state index in [0.29, 0.717) is 0 Å². The number of nitrogens with zero attached hydrogens (tertiary/aromatic N) is 3. The number of fused-ring (bicyclic) bond motifs is 1. The lowest BCUT2D eigenvalue weighted by molar-refractivity contribution is 0.616. The molecule has 0 spiro atoms. The standard InChI is InChI=1S/C23H17N3O/c1-26-14-19(13-24-26)21-10-11-22-23(25-21)20(15-27-22)18-9-5-8-17(12-18)16-6-3-2-4-7-16/h2-15H,1H3. The summed E-state index contributed by atoms with van der Waals surface area (Å²) in [5.74, 6) is 0. The van der Waals surface area contributed by atoms with Crippen LogP contribution in [0.5, 0.6) is 0 Å². The number of furan rings is 1. The molecule has 0 saturated heterocycles. The van der Waals surface area contributed by atoms with Crippen LogP contribution in [0, 0.1) is 0 Å². The zero-order valence-electron chi connectivity index (χ0n) is 14.8. The first kappa shape index (κ1) is 15.6. The summed E-state index contributed by atoms with van der Waals surface area (Å²) in [7, 11) is 1.90. The van der Waals surface area contributed by atoms with E-state index < -0.39 is 0 Å². The van der Waals surface area contributed by atoms with Crippen molar-refractivity contribution in [3.63, 3.8) is 0 Å². The first-order valence-electron chi connectivity index (χ1n) is 8.81. The lowest BCUT2D eigenvalue weighted by Gasteiger charge is -2.05. The van der Waals surface area contributed by atoms with Crippen LogP contribution in [0.1, 0.15) is 0 Å². The lowest BCUT2D eigenvalue weighted by atomic mass is 10.00. The fourth-order valence-corrected chi connectivity index (χ4v) is 3.33. The molecule has 0 amide bonds. The monoisotopic (exact) mass is 351 g/mol. The maximum Gasteiger partial charge on any atom is 0.153 e. The van der Waals surface area contributed by atoms with E-state index in [1.165, 1.54) is 11.1 Å². The summed E-state index contributed by atoms with van der Waals surface area (Å²) in [4.78, 5) is 4.85. The second-order valence-corrected chi connectivity index (χ2v) is 6.54. The third-order valence-electron chi connectivity index (χ3n) is 4.70. The fourth-order valence-electron chi connectivity index (χ4n) is 3.33. The summed E-state index contributed by atoms with van der Waals surface area (Å²) in [5, 5.41) is 4.24. The van der Waals surface area contributed by atoms with E-state index in [1.807, 2.05) is 37.6 Å². The molecule has 0 atom stereocenters. The molecule has 0 fully saturated rings. The van der Waals surface area contributed by atoms with Crippen molar-refractivity contribution in [2.75, 3.05) is 0 Å². The second-order valence-electron chi connectivity index (χ2n) is 6.54. The zero-order valence-corrected chi connectivity index (χ0v) is 14.8. The van der Waals surface area contributed by atoms with Crippen molar-refractivity contribution in [2.24, 2.45) is 7.05 Å². The highest BCUT2D eigenvalue weighted by atomic mass is 16.3. The molecule has 0 bridgehead atoms. The average molecular weight is 351 g/mol. The van der Waals surface area contributed by atoms with Gasteiger partial charge in [0.15, 0.2) is 5.58 Å². The maximum atomic E-state index is 5.76. The number of hydrogen-bond acceptors (Lipinski definition) is 3. The van der Waals surface area contributed by atoms with E-state index in [9.17, 15) is 0 Å². The Bertz CT molecular complexity index is 1230. The quantitative estimate of drug-likeness (QED) is 0.427. The van der Waals surface area contributed by atoms with Gasteiger partial charge in [0.1, 0.15) is 11.8 Å². The van der Waals surface area contributed by atoms with Gasteiger partial charge in [-0.2, -0.15) is 5.10 Å². The van der Waals surface area contributed by atoms with E-state index in [4.69, 9.17) is 9.40 Å². The highest BCUT2D eigenvalue weighted by Crippen LogP contribution is 2.33. The van der Waals surface area contributed by atoms with Crippen molar-refractivity contribution in [1.29, 1.82) is 0 Å². The van der Waals surface area contributed by atoms with Gasteiger partial charge >= 0.3 is 0 Å². The number of hydrogen-bond donors (Lipinski definition) is 0. The summed E-state index contributed by atoms with van der Waals surface area (Å²) in [6.45, 7) is 0. The molecule has 4 heteroatoms. The number of benzene rings is 2. The van der Waals surface area contributed by atoms with Gasteiger partial charge in [0.2, 0.25) is 0 Å². The normalized spacial score (nSPS) is 11.1. The van der Waals surface area contributed by atoms with Crippen molar-refractivity contribution < 1.29 is 4.42 Å². The lowest BCUT2D eigenvalue weighted by Crippen LogP contribution is -1.86. The van der Waals surface area contributed by atoms with Gasteiger partial charge in [-0.05, 0) is 34.9 Å². The second kappa shape index (κ2) is 6.25. The Kier molecular flexibility index (Phi) is 3.61. The van der Waals surface area contributed by atoms with Crippen LogP contribution >= 0.6 is 0 Å². The van der Waals surface area contributed by atoms with Crippen molar-refractivity contribution >= 4 is 11.1 Å². The third-order valence-corrected chi connectivity index (χ3v) is 4.70. The fraction of sp³-hybridized carbons (Fsp3) is 0.0435. The molecule has 0 N–H and O–H groups in total. The highest BCUT2D eigenvalue weighted by molar-refractivity contribution is 5.93. The molecular weight excluding hydrogens is 334 g/mol. The first-order chi connectivity index (χ1) is 13.3. The Morgan fingerprint density at radius 3 is 2.44 bits per heavy atom. The minimum Gasteiger partial charge on any atom is -0.462 e. The smallest absolute Gasteiger partial charge is 0.153 e. The molecule has 3 aromatic heterocycles. The molecule has 27 heavy (non-hydrogen) atoms. The largest absolute Gasteiger partial charge is 0.462 e. The van der Waals surface area contributed by atoms with Crippen LogP contribution in [0.3, 0.4) is 0 Å². The van der Waals surface area contributed by atoms with Gasteiger partial charge in [-0.3, -0.25) is 4.68 Å². The topological polar surface area (TPSA) is 43.9 Å². The van der Waals surface area contributed by atoms with Gasteiger partial charge in [-0.25, -0.2) is 4.98 Å². The summed E-state index contributed by atoms with van der Waals surface area (Å²) in [5.41, 5.74) is 7.97. The van der Waals surface area contributed by atoms with Crippen LogP contribution in [0.4, 0.5) is 0 Å². The molecule has 2 aromatic carbocycles. The number of pyridine rings is 1. The number of aromatic nitrogens is 3. The molecule has 0 aliphatic carbocycles. The number of aryl methyl sites for hydroxylation is 1. The molecule has 3 heterocycles. The minimum atomic E-state index is 0.780. The van der Waals surface area contributed by atoms with E-state index >= 15 is 0 Å². The summed E-state index contributed by atoms with van der Waals surface area (Å²) >= 11 is 0. The molecule has 130 valence electrons. The molecule has 0 saturated carbocycles. The van der Waals surface area contributed by atoms with Gasteiger partial charge < -0.3 is 4.42 Å². The van der Waals surface area contributed by atoms with Crippen LogP contribution in [-0.2, 0) is 7.05 Å². The minimum absolute atomic E-state index is 0.780. The zero-order chi connectivity index (χ0) is 18.2. The number of rotatable bonds is 3. The molecule has 0 unspecified atom stereocenters. The predicted octanol–water partition coefficient (Wildman–Crippen LogP) is 5.56. The van der Waals surface area contributed by atoms with E-state index in [1.54, 1.807) is 10.9 Å².